The van der Waals surface area contributed by atoms with E-state index in [1.165, 1.54) is 66.8 Å². The van der Waals surface area contributed by atoms with Crippen molar-refractivity contribution in [1.82, 2.24) is 14.5 Å². The number of imidazole rings is 1. The summed E-state index contributed by atoms with van der Waals surface area (Å²) in [6.07, 6.45) is 1.67. The number of nitrogens with zero attached hydrogens (tertiary/aromatic N) is 3. The van der Waals surface area contributed by atoms with Crippen molar-refractivity contribution in [2.75, 3.05) is 0 Å². The van der Waals surface area contributed by atoms with E-state index >= 15 is 0 Å². The average Bonchev–Trinajstić information content (AvgIpc) is 1.67. The lowest BCUT2D eigenvalue weighted by molar-refractivity contribution is 0.476. The van der Waals surface area contributed by atoms with Gasteiger partial charge in [-0.3, -0.25) is 4.57 Å². The number of aryl methyl sites for hydroxylation is 4. The maximum Gasteiger partial charge on any atom is 0.164 e. The Morgan fingerprint density at radius 2 is 0.887 bits per heavy atom. The molecule has 2 heterocycles. The highest BCUT2D eigenvalue weighted by atomic mass is 16.3. The highest BCUT2D eigenvalue weighted by Crippen LogP contribution is 2.53. The normalized spacial score (nSPS) is 12.5. The Bertz CT molecular complexity index is 5130. The molecule has 4 heteroatoms. The first-order valence-electron chi connectivity index (χ1n) is 35.0. The predicted molar refractivity (Wildman–Crippen MR) is 411 cm³/mol. The first-order chi connectivity index (χ1) is 46.6. The molecule has 0 fully saturated rings. The zero-order valence-corrected chi connectivity index (χ0v) is 59.0. The zero-order valence-electron chi connectivity index (χ0n) is 59.0. The van der Waals surface area contributed by atoms with E-state index < -0.39 is 0 Å². The van der Waals surface area contributed by atoms with Crippen molar-refractivity contribution >= 4 is 11.0 Å². The number of aromatic hydroxyl groups is 1. The van der Waals surface area contributed by atoms with Crippen LogP contribution < -0.4 is 0 Å². The number of para-hydroxylation sites is 1. The molecular weight excluding hydrogens is 1180 g/mol. The third-order valence-electron chi connectivity index (χ3n) is 20.3. The van der Waals surface area contributed by atoms with E-state index in [1.807, 2.05) is 6.07 Å². The molecule has 13 aromatic rings. The molecule has 0 atom stereocenters. The molecule has 0 bridgehead atoms. The van der Waals surface area contributed by atoms with Crippen LogP contribution in [-0.4, -0.2) is 19.6 Å². The topological polar surface area (TPSA) is 50.9 Å². The van der Waals surface area contributed by atoms with Gasteiger partial charge in [0.25, 0.3) is 0 Å². The second-order valence-electron chi connectivity index (χ2n) is 30.1. The third kappa shape index (κ3) is 11.9. The van der Waals surface area contributed by atoms with Crippen LogP contribution in [0.1, 0.15) is 151 Å². The van der Waals surface area contributed by atoms with Gasteiger partial charge in [0.05, 0.1) is 22.4 Å². The molecule has 1 aliphatic rings. The molecule has 4 nitrogen and oxygen atoms in total. The third-order valence-corrected chi connectivity index (χ3v) is 20.3. The van der Waals surface area contributed by atoms with Gasteiger partial charge in [-0.15, -0.1) is 0 Å². The number of aromatic nitrogens is 3. The summed E-state index contributed by atoms with van der Waals surface area (Å²) in [5.41, 5.74) is 34.6. The number of pyridine rings is 1. The van der Waals surface area contributed by atoms with E-state index in [-0.39, 0.29) is 28.4 Å². The van der Waals surface area contributed by atoms with Crippen molar-refractivity contribution in [2.24, 2.45) is 0 Å². The standard InChI is InChI=1S/C93H89N3O/c1-56(2)68-54-78(57(3)4)87(79(55-68)58(5)6)76-41-26-38-73(62-31-19-16-20-32-62)86(76)77-46-48-81-89(95-91(96(81)90-59(7)27-21-28-60(90)8)80-47-45-64-44-43-63-33-24-42-82(97)85(63)88(64)94-80)84(77)67-36-22-35-66(49-67)83-74(65-34-23-37-71(51-65)92(9,10)11)39-25-40-75(83)70-50-69(61-29-17-15-18-30-61)52-72(53-70)93(12,13)14/h15-42,45-58,97H,43-44H2,1-14H3. The van der Waals surface area contributed by atoms with Crippen molar-refractivity contribution in [3.8, 4) is 123 Å². The van der Waals surface area contributed by atoms with Crippen molar-refractivity contribution in [3.05, 3.63) is 287 Å². The lowest BCUT2D eigenvalue weighted by Crippen LogP contribution is -2.11. The van der Waals surface area contributed by atoms with Crippen LogP contribution in [0.15, 0.2) is 237 Å². The van der Waals surface area contributed by atoms with Crippen LogP contribution in [0.25, 0.3) is 129 Å². The zero-order chi connectivity index (χ0) is 67.8. The molecule has 14 rings (SSSR count). The molecular formula is C93H89N3O. The molecule has 0 radical (unpaired) electrons. The van der Waals surface area contributed by atoms with Crippen molar-refractivity contribution in [2.45, 2.75) is 138 Å². The fourth-order valence-electron chi connectivity index (χ4n) is 15.1. The number of phenolic OH excluding ortho intramolecular Hbond substituents is 1. The molecule has 0 unspecified atom stereocenters. The Hall–Kier alpha value is -10.2. The summed E-state index contributed by atoms with van der Waals surface area (Å²) in [4.78, 5) is 11.8. The molecule has 0 saturated carbocycles. The SMILES string of the molecule is Cc1cccc(C)c1-n1c(-c2ccc3c(n2)-c2c(O)cccc2CC3)nc2c(-c3cccc(-c4c(-c5cccc(C(C)(C)C)c5)cccc4-c4cc(-c5ccccc5)cc(C(C)(C)C)c4)c3)c(-c3c(-c4ccccc4)cccc3-c3c(C(C)C)cc(C(C)C)cc3C(C)C)ccc21. The van der Waals surface area contributed by atoms with Gasteiger partial charge in [0.15, 0.2) is 5.82 Å². The molecule has 0 saturated heterocycles. The van der Waals surface area contributed by atoms with Crippen LogP contribution in [0.3, 0.4) is 0 Å². The van der Waals surface area contributed by atoms with Gasteiger partial charge < -0.3 is 5.11 Å². The van der Waals surface area contributed by atoms with Crippen LogP contribution in [0.4, 0.5) is 0 Å². The van der Waals surface area contributed by atoms with Gasteiger partial charge in [0.1, 0.15) is 11.4 Å². The molecule has 0 spiro atoms. The van der Waals surface area contributed by atoms with E-state index in [1.54, 1.807) is 6.07 Å². The molecule has 0 amide bonds. The van der Waals surface area contributed by atoms with Crippen LogP contribution in [0, 0.1) is 13.8 Å². The first kappa shape index (κ1) is 64.2. The summed E-state index contributed by atoms with van der Waals surface area (Å²) >= 11 is 0. The second kappa shape index (κ2) is 25.4. The summed E-state index contributed by atoms with van der Waals surface area (Å²) in [5, 5.41) is 11.7. The van der Waals surface area contributed by atoms with Gasteiger partial charge in [-0.25, -0.2) is 9.97 Å². The number of benzene rings is 11. The van der Waals surface area contributed by atoms with Gasteiger partial charge in [0, 0.05) is 11.1 Å². The maximum absolute atomic E-state index is 11.7. The first-order valence-corrected chi connectivity index (χ1v) is 35.0. The van der Waals surface area contributed by atoms with Crippen molar-refractivity contribution in [1.29, 1.82) is 0 Å². The lowest BCUT2D eigenvalue weighted by atomic mass is 9.77. The monoisotopic (exact) mass is 1260 g/mol. The molecule has 1 N–H and O–H groups in total. The van der Waals surface area contributed by atoms with Gasteiger partial charge >= 0.3 is 0 Å². The summed E-state index contributed by atoms with van der Waals surface area (Å²) < 4.78 is 2.38. The summed E-state index contributed by atoms with van der Waals surface area (Å²) in [7, 11) is 0. The predicted octanol–water partition coefficient (Wildman–Crippen LogP) is 25.5. The highest BCUT2D eigenvalue weighted by Gasteiger charge is 2.31. The molecule has 1 aliphatic carbocycles. The Kier molecular flexibility index (Phi) is 16.8. The summed E-state index contributed by atoms with van der Waals surface area (Å²) in [6, 6.07) is 88.2. The van der Waals surface area contributed by atoms with E-state index in [2.05, 4.69) is 326 Å². The molecule has 97 heavy (non-hydrogen) atoms. The fourth-order valence-corrected chi connectivity index (χ4v) is 15.1. The van der Waals surface area contributed by atoms with Crippen LogP contribution in [0.5, 0.6) is 5.75 Å². The summed E-state index contributed by atoms with van der Waals surface area (Å²) in [6.45, 7) is 32.4. The van der Waals surface area contributed by atoms with E-state index in [9.17, 15) is 5.11 Å². The Labute approximate surface area is 575 Å². The molecule has 482 valence electrons. The van der Waals surface area contributed by atoms with Crippen molar-refractivity contribution < 1.29 is 5.11 Å². The van der Waals surface area contributed by atoms with Gasteiger partial charge in [-0.1, -0.05) is 289 Å². The minimum absolute atomic E-state index is 0.0778. The van der Waals surface area contributed by atoms with Crippen LogP contribution in [0.2, 0.25) is 0 Å². The number of hydrogen-bond acceptors (Lipinski definition) is 3. The minimum atomic E-state index is -0.134. The number of hydrogen-bond donors (Lipinski definition) is 1. The largest absolute Gasteiger partial charge is 0.507 e. The van der Waals surface area contributed by atoms with Crippen molar-refractivity contribution in [3.63, 3.8) is 0 Å². The number of rotatable bonds is 13. The van der Waals surface area contributed by atoms with Gasteiger partial charge in [-0.05, 0) is 219 Å². The molecule has 11 aromatic carbocycles. The quantitative estimate of drug-likeness (QED) is 0.125. The Morgan fingerprint density at radius 1 is 0.371 bits per heavy atom. The highest BCUT2D eigenvalue weighted by molar-refractivity contribution is 6.09. The van der Waals surface area contributed by atoms with Gasteiger partial charge in [-0.2, -0.15) is 0 Å². The Morgan fingerprint density at radius 3 is 1.54 bits per heavy atom. The van der Waals surface area contributed by atoms with E-state index in [0.29, 0.717) is 5.92 Å². The molecule has 2 aromatic heterocycles. The number of fused-ring (bicyclic) bond motifs is 4. The minimum Gasteiger partial charge on any atom is -0.507 e. The van der Waals surface area contributed by atoms with Gasteiger partial charge in [0.2, 0.25) is 0 Å². The van der Waals surface area contributed by atoms with E-state index in [0.717, 1.165) is 125 Å². The van der Waals surface area contributed by atoms with E-state index in [4.69, 9.17) is 9.97 Å². The fraction of sp³-hybridized carbons (Fsp3) is 0.226. The van der Waals surface area contributed by atoms with Crippen LogP contribution >= 0.6 is 0 Å². The second-order valence-corrected chi connectivity index (χ2v) is 30.1. The van der Waals surface area contributed by atoms with Crippen LogP contribution in [-0.2, 0) is 23.7 Å². The maximum atomic E-state index is 11.7. The summed E-state index contributed by atoms with van der Waals surface area (Å²) in [5.74, 6) is 1.80. The smallest absolute Gasteiger partial charge is 0.164 e. The number of phenols is 1. The average molecular weight is 1260 g/mol. The lowest BCUT2D eigenvalue weighted by Gasteiger charge is -2.27. The molecule has 0 aliphatic heterocycles. The Balaban J connectivity index is 1.14.